The summed E-state index contributed by atoms with van der Waals surface area (Å²) in [5.74, 6) is -1.10. The van der Waals surface area contributed by atoms with Crippen LogP contribution in [0, 0.1) is 5.82 Å². The molecule has 132 valence electrons. The van der Waals surface area contributed by atoms with Gasteiger partial charge in [-0.15, -0.1) is 0 Å². The molecule has 2 aromatic rings. The summed E-state index contributed by atoms with van der Waals surface area (Å²) in [7, 11) is 1.28. The van der Waals surface area contributed by atoms with Crippen molar-refractivity contribution in [2.45, 2.75) is 18.3 Å². The first kappa shape index (κ1) is 17.5. The smallest absolute Gasteiger partial charge is 0.349 e. The highest BCUT2D eigenvalue weighted by Crippen LogP contribution is 2.36. The van der Waals surface area contributed by atoms with Gasteiger partial charge in [-0.3, -0.25) is 4.79 Å². The summed E-state index contributed by atoms with van der Waals surface area (Å²) in [6.45, 7) is 0.881. The van der Waals surface area contributed by atoms with Gasteiger partial charge in [-0.1, -0.05) is 23.5 Å². The van der Waals surface area contributed by atoms with Crippen LogP contribution < -0.4 is 5.32 Å². The molecule has 0 radical (unpaired) electrons. The molecule has 0 unspecified atom stereocenters. The molecule has 0 atom stereocenters. The fourth-order valence-corrected chi connectivity index (χ4v) is 3.61. The molecule has 6 nitrogen and oxygen atoms in total. The lowest BCUT2D eigenvalue weighted by atomic mass is 9.73. The van der Waals surface area contributed by atoms with Gasteiger partial charge in [0, 0.05) is 13.2 Å². The Kier molecular flexibility index (Phi) is 5.10. The first-order chi connectivity index (χ1) is 12.0. The summed E-state index contributed by atoms with van der Waals surface area (Å²) in [4.78, 5) is 28.9. The van der Waals surface area contributed by atoms with Crippen LogP contribution in [0.25, 0.3) is 0 Å². The van der Waals surface area contributed by atoms with Crippen LogP contribution in [-0.2, 0) is 19.7 Å². The number of rotatable bonds is 4. The van der Waals surface area contributed by atoms with E-state index in [2.05, 4.69) is 15.0 Å². The molecular formula is C17H17FN2O4S. The van der Waals surface area contributed by atoms with Gasteiger partial charge in [0.05, 0.1) is 18.7 Å². The van der Waals surface area contributed by atoms with Crippen LogP contribution in [0.1, 0.15) is 28.1 Å². The highest BCUT2D eigenvalue weighted by Gasteiger charge is 2.42. The summed E-state index contributed by atoms with van der Waals surface area (Å²) < 4.78 is 23.3. The lowest BCUT2D eigenvalue weighted by Crippen LogP contribution is -2.44. The zero-order valence-electron chi connectivity index (χ0n) is 13.6. The van der Waals surface area contributed by atoms with Crippen LogP contribution in [0.5, 0.6) is 0 Å². The second-order valence-corrected chi connectivity index (χ2v) is 6.71. The minimum Gasteiger partial charge on any atom is -0.465 e. The van der Waals surface area contributed by atoms with Crippen molar-refractivity contribution < 1.29 is 23.5 Å². The molecule has 25 heavy (non-hydrogen) atoms. The Morgan fingerprint density at radius 1 is 1.28 bits per heavy atom. The van der Waals surface area contributed by atoms with Crippen LogP contribution in [-0.4, -0.2) is 37.2 Å². The van der Waals surface area contributed by atoms with Gasteiger partial charge in [0.2, 0.25) is 5.91 Å². The SMILES string of the molecule is COC(=O)c1cnc(NC(=O)C2(c3ccc(F)cc3)CCOCC2)s1. The molecule has 1 aliphatic rings. The molecule has 1 aromatic carbocycles. The van der Waals surface area contributed by atoms with Crippen molar-refractivity contribution in [2.75, 3.05) is 25.6 Å². The van der Waals surface area contributed by atoms with E-state index in [1.807, 2.05) is 0 Å². The van der Waals surface area contributed by atoms with Crippen LogP contribution in [0.3, 0.4) is 0 Å². The summed E-state index contributed by atoms with van der Waals surface area (Å²) in [6.07, 6.45) is 2.33. The minimum atomic E-state index is -0.816. The van der Waals surface area contributed by atoms with E-state index >= 15 is 0 Å². The molecule has 0 saturated carbocycles. The molecule has 1 aromatic heterocycles. The van der Waals surface area contributed by atoms with Gasteiger partial charge in [-0.2, -0.15) is 0 Å². The Hall–Kier alpha value is -2.32. The number of ether oxygens (including phenoxy) is 2. The molecule has 1 N–H and O–H groups in total. The van der Waals surface area contributed by atoms with Crippen molar-refractivity contribution >= 4 is 28.3 Å². The molecule has 1 saturated heterocycles. The van der Waals surface area contributed by atoms with Crippen LogP contribution in [0.2, 0.25) is 0 Å². The van der Waals surface area contributed by atoms with E-state index in [9.17, 15) is 14.0 Å². The maximum absolute atomic E-state index is 13.3. The van der Waals surface area contributed by atoms with Gasteiger partial charge in [-0.25, -0.2) is 14.2 Å². The molecule has 0 spiro atoms. The molecule has 1 fully saturated rings. The predicted octanol–water partition coefficient (Wildman–Crippen LogP) is 2.76. The summed E-state index contributed by atoms with van der Waals surface area (Å²) >= 11 is 1.05. The Labute approximate surface area is 148 Å². The van der Waals surface area contributed by atoms with Crippen molar-refractivity contribution in [1.29, 1.82) is 0 Å². The van der Waals surface area contributed by atoms with E-state index in [4.69, 9.17) is 4.74 Å². The van der Waals surface area contributed by atoms with Gasteiger partial charge in [0.15, 0.2) is 5.13 Å². The molecule has 3 rings (SSSR count). The van der Waals surface area contributed by atoms with Gasteiger partial charge in [0.1, 0.15) is 10.7 Å². The maximum Gasteiger partial charge on any atom is 0.349 e. The van der Waals surface area contributed by atoms with Crippen molar-refractivity contribution in [2.24, 2.45) is 0 Å². The van der Waals surface area contributed by atoms with E-state index in [0.717, 1.165) is 16.9 Å². The molecule has 2 heterocycles. The number of carbonyl (C=O) groups excluding carboxylic acids is 2. The first-order valence-corrected chi connectivity index (χ1v) is 8.56. The third-order valence-corrected chi connectivity index (χ3v) is 5.18. The molecule has 0 bridgehead atoms. The third-order valence-electron chi connectivity index (χ3n) is 4.29. The number of amides is 1. The van der Waals surface area contributed by atoms with Crippen LogP contribution >= 0.6 is 11.3 Å². The molecule has 0 aliphatic carbocycles. The van der Waals surface area contributed by atoms with Gasteiger partial charge >= 0.3 is 5.97 Å². The normalized spacial score (nSPS) is 16.2. The number of esters is 1. The number of anilines is 1. The molecule has 1 amide bonds. The second kappa shape index (κ2) is 7.28. The monoisotopic (exact) mass is 364 g/mol. The predicted molar refractivity (Wildman–Crippen MR) is 90.2 cm³/mol. The average molecular weight is 364 g/mol. The van der Waals surface area contributed by atoms with Crippen molar-refractivity contribution in [3.05, 3.63) is 46.7 Å². The van der Waals surface area contributed by atoms with E-state index in [0.29, 0.717) is 36.1 Å². The Bertz CT molecular complexity index is 769. The van der Waals surface area contributed by atoms with E-state index in [-0.39, 0.29) is 11.7 Å². The fraction of sp³-hybridized carbons (Fsp3) is 0.353. The van der Waals surface area contributed by atoms with Crippen LogP contribution in [0.4, 0.5) is 9.52 Å². The average Bonchev–Trinajstić information content (AvgIpc) is 3.10. The topological polar surface area (TPSA) is 77.5 Å². The summed E-state index contributed by atoms with van der Waals surface area (Å²) in [6, 6.07) is 5.95. The van der Waals surface area contributed by atoms with Crippen LogP contribution in [0.15, 0.2) is 30.5 Å². The van der Waals surface area contributed by atoms with Crippen molar-refractivity contribution in [3.8, 4) is 0 Å². The van der Waals surface area contributed by atoms with Gasteiger partial charge in [0.25, 0.3) is 0 Å². The number of hydrogen-bond acceptors (Lipinski definition) is 6. The maximum atomic E-state index is 13.3. The second-order valence-electron chi connectivity index (χ2n) is 5.68. The van der Waals surface area contributed by atoms with E-state index in [1.165, 1.54) is 25.4 Å². The Morgan fingerprint density at radius 3 is 2.60 bits per heavy atom. The number of methoxy groups -OCH3 is 1. The Balaban J connectivity index is 1.86. The van der Waals surface area contributed by atoms with Crippen molar-refractivity contribution in [3.63, 3.8) is 0 Å². The number of thiazole rings is 1. The zero-order valence-corrected chi connectivity index (χ0v) is 14.4. The highest BCUT2D eigenvalue weighted by molar-refractivity contribution is 7.17. The number of nitrogens with one attached hydrogen (secondary N) is 1. The number of benzene rings is 1. The largest absolute Gasteiger partial charge is 0.465 e. The lowest BCUT2D eigenvalue weighted by molar-refractivity contribution is -0.125. The molecule has 8 heteroatoms. The van der Waals surface area contributed by atoms with E-state index in [1.54, 1.807) is 12.1 Å². The number of halogens is 1. The third kappa shape index (κ3) is 3.54. The zero-order chi connectivity index (χ0) is 17.9. The fourth-order valence-electron chi connectivity index (χ4n) is 2.88. The Morgan fingerprint density at radius 2 is 1.96 bits per heavy atom. The summed E-state index contributed by atoms with van der Waals surface area (Å²) in [5, 5.41) is 3.09. The number of hydrogen-bond donors (Lipinski definition) is 1. The molecule has 1 aliphatic heterocycles. The highest BCUT2D eigenvalue weighted by atomic mass is 32.1. The van der Waals surface area contributed by atoms with Crippen molar-refractivity contribution in [1.82, 2.24) is 4.98 Å². The molecular weight excluding hydrogens is 347 g/mol. The lowest BCUT2D eigenvalue weighted by Gasteiger charge is -2.35. The summed E-state index contributed by atoms with van der Waals surface area (Å²) in [5.41, 5.74) is -0.0808. The number of nitrogens with zero attached hydrogens (tertiary/aromatic N) is 1. The quantitative estimate of drug-likeness (QED) is 0.844. The minimum absolute atomic E-state index is 0.242. The number of carbonyl (C=O) groups is 2. The standard InChI is InChI=1S/C17H17FN2O4S/c1-23-14(21)13-10-19-16(25-13)20-15(22)17(6-8-24-9-7-17)11-2-4-12(18)5-3-11/h2-5,10H,6-9H2,1H3,(H,19,20,22). The first-order valence-electron chi connectivity index (χ1n) is 7.74. The van der Waals surface area contributed by atoms with Gasteiger partial charge < -0.3 is 14.8 Å². The van der Waals surface area contributed by atoms with E-state index < -0.39 is 11.4 Å². The number of aromatic nitrogens is 1. The van der Waals surface area contributed by atoms with Gasteiger partial charge in [-0.05, 0) is 30.5 Å².